The summed E-state index contributed by atoms with van der Waals surface area (Å²) in [5, 5.41) is 1.05. The molecular weight excluding hydrogens is 464 g/mol. The van der Waals surface area contributed by atoms with E-state index in [1.165, 1.54) is 11.1 Å². The topological polar surface area (TPSA) is 35.0 Å². The molecule has 0 saturated carbocycles. The average molecular weight is 491 g/mol. The molecule has 0 N–H and O–H groups in total. The fourth-order valence-electron chi connectivity index (χ4n) is 5.48. The lowest BCUT2D eigenvalue weighted by Gasteiger charge is -2.34. The van der Waals surface area contributed by atoms with E-state index in [1.54, 1.807) is 0 Å². The predicted octanol–water partition coefficient (Wildman–Crippen LogP) is 9.06. The van der Waals surface area contributed by atoms with Crippen LogP contribution < -0.4 is 4.74 Å². The molecule has 1 aromatic heterocycles. The fraction of sp³-hybridized carbons (Fsp3) is 0.0857. The molecule has 0 aliphatic carbocycles. The molecule has 3 nitrogen and oxygen atoms in total. The van der Waals surface area contributed by atoms with Crippen LogP contribution >= 0.6 is 0 Å². The number of benzene rings is 5. The van der Waals surface area contributed by atoms with Crippen LogP contribution in [0.2, 0.25) is 0 Å². The summed E-state index contributed by atoms with van der Waals surface area (Å²) in [5.74, 6) is 2.57. The number of ether oxygens (including phenoxy) is 1. The van der Waals surface area contributed by atoms with Gasteiger partial charge in [-0.05, 0) is 41.5 Å². The summed E-state index contributed by atoms with van der Waals surface area (Å²) in [7, 11) is 0. The number of fused-ring (bicyclic) bond motifs is 3. The van der Waals surface area contributed by atoms with Crippen LogP contribution in [0.1, 0.15) is 25.0 Å². The highest BCUT2D eigenvalue weighted by Crippen LogP contribution is 2.48. The Kier molecular flexibility index (Phi) is 5.12. The van der Waals surface area contributed by atoms with Gasteiger partial charge in [0.2, 0.25) is 0 Å². The monoisotopic (exact) mass is 490 g/mol. The summed E-state index contributed by atoms with van der Waals surface area (Å²) < 4.78 is 6.27. The first-order valence-electron chi connectivity index (χ1n) is 12.9. The Balaban J connectivity index is 1.33. The van der Waals surface area contributed by atoms with Crippen molar-refractivity contribution in [2.24, 2.45) is 0 Å². The lowest BCUT2D eigenvalue weighted by molar-refractivity contribution is 0.418. The standard InChI is InChI=1S/C35H26N2O/c1-35(2)28-16-7-9-18-31(28)38-32-20-19-25(22-29(32)35)24-13-10-14-26(21-24)34-36-30-17-8-6-15-27(30)33(37-34)23-11-4-3-5-12-23/h3-22H,1-2H3. The molecule has 0 radical (unpaired) electrons. The average Bonchev–Trinajstić information content (AvgIpc) is 2.97. The van der Waals surface area contributed by atoms with Gasteiger partial charge in [-0.1, -0.05) is 105 Å². The van der Waals surface area contributed by atoms with Crippen LogP contribution in [0.15, 0.2) is 121 Å². The molecule has 0 amide bonds. The minimum atomic E-state index is -0.163. The molecule has 0 unspecified atom stereocenters. The van der Waals surface area contributed by atoms with Crippen LogP contribution in [0.25, 0.3) is 44.7 Å². The second-order valence-corrected chi connectivity index (χ2v) is 10.3. The summed E-state index contributed by atoms with van der Waals surface area (Å²) >= 11 is 0. The number of para-hydroxylation sites is 2. The molecular formula is C35H26N2O. The Hall–Kier alpha value is -4.76. The summed E-state index contributed by atoms with van der Waals surface area (Å²) in [6.07, 6.45) is 0. The first-order valence-corrected chi connectivity index (χ1v) is 12.9. The Morgan fingerprint density at radius 3 is 2.11 bits per heavy atom. The first kappa shape index (κ1) is 22.4. The normalized spacial score (nSPS) is 13.4. The molecule has 0 spiro atoms. The highest BCUT2D eigenvalue weighted by Gasteiger charge is 2.34. The molecule has 5 aromatic carbocycles. The molecule has 1 aliphatic heterocycles. The molecule has 3 heteroatoms. The Bertz CT molecular complexity index is 1820. The minimum absolute atomic E-state index is 0.163. The van der Waals surface area contributed by atoms with Gasteiger partial charge >= 0.3 is 0 Å². The van der Waals surface area contributed by atoms with E-state index >= 15 is 0 Å². The van der Waals surface area contributed by atoms with Gasteiger partial charge in [0.1, 0.15) is 11.5 Å². The van der Waals surface area contributed by atoms with Gasteiger partial charge in [-0.25, -0.2) is 9.97 Å². The Morgan fingerprint density at radius 1 is 0.526 bits per heavy atom. The molecule has 0 atom stereocenters. The van der Waals surface area contributed by atoms with E-state index in [1.807, 2.05) is 42.5 Å². The predicted molar refractivity (Wildman–Crippen MR) is 154 cm³/mol. The van der Waals surface area contributed by atoms with E-state index < -0.39 is 0 Å². The van der Waals surface area contributed by atoms with Gasteiger partial charge in [0, 0.05) is 33.1 Å². The molecule has 0 fully saturated rings. The number of rotatable bonds is 3. The van der Waals surface area contributed by atoms with Crippen LogP contribution in [-0.4, -0.2) is 9.97 Å². The van der Waals surface area contributed by atoms with E-state index in [9.17, 15) is 0 Å². The summed E-state index contributed by atoms with van der Waals surface area (Å²) in [4.78, 5) is 10.0. The van der Waals surface area contributed by atoms with Crippen molar-refractivity contribution in [2.45, 2.75) is 19.3 Å². The lowest BCUT2D eigenvalue weighted by atomic mass is 9.75. The van der Waals surface area contributed by atoms with E-state index in [-0.39, 0.29) is 5.41 Å². The number of aromatic nitrogens is 2. The van der Waals surface area contributed by atoms with Gasteiger partial charge in [-0.15, -0.1) is 0 Å². The Labute approximate surface area is 222 Å². The molecule has 7 rings (SSSR count). The molecule has 1 aliphatic rings. The summed E-state index contributed by atoms with van der Waals surface area (Å²) in [6.45, 7) is 4.53. The van der Waals surface area contributed by atoms with Gasteiger partial charge in [0.25, 0.3) is 0 Å². The third kappa shape index (κ3) is 3.67. The SMILES string of the molecule is CC1(C)c2ccccc2Oc2ccc(-c3cccc(-c4nc(-c5ccccc5)c5ccccc5n4)c3)cc21. The molecule has 6 aromatic rings. The van der Waals surface area contributed by atoms with Crippen molar-refractivity contribution in [3.05, 3.63) is 132 Å². The van der Waals surface area contributed by atoms with Crippen LogP contribution in [0, 0.1) is 0 Å². The van der Waals surface area contributed by atoms with Crippen molar-refractivity contribution in [3.8, 4) is 45.3 Å². The molecule has 38 heavy (non-hydrogen) atoms. The van der Waals surface area contributed by atoms with Crippen molar-refractivity contribution >= 4 is 10.9 Å². The quantitative estimate of drug-likeness (QED) is 0.248. The largest absolute Gasteiger partial charge is 0.457 e. The van der Waals surface area contributed by atoms with Crippen LogP contribution in [0.3, 0.4) is 0 Å². The summed E-state index contributed by atoms with van der Waals surface area (Å²) in [6, 6.07) is 41.9. The lowest BCUT2D eigenvalue weighted by Crippen LogP contribution is -2.24. The van der Waals surface area contributed by atoms with Crippen molar-refractivity contribution in [1.82, 2.24) is 9.97 Å². The van der Waals surface area contributed by atoms with E-state index in [4.69, 9.17) is 14.7 Å². The van der Waals surface area contributed by atoms with E-state index in [0.29, 0.717) is 0 Å². The number of nitrogens with zero attached hydrogens (tertiary/aromatic N) is 2. The van der Waals surface area contributed by atoms with Gasteiger partial charge in [0.05, 0.1) is 11.2 Å². The van der Waals surface area contributed by atoms with Crippen molar-refractivity contribution in [2.75, 3.05) is 0 Å². The van der Waals surface area contributed by atoms with Gasteiger partial charge in [0.15, 0.2) is 5.82 Å². The second-order valence-electron chi connectivity index (χ2n) is 10.3. The zero-order valence-electron chi connectivity index (χ0n) is 21.3. The van der Waals surface area contributed by atoms with E-state index in [2.05, 4.69) is 92.7 Å². The zero-order chi connectivity index (χ0) is 25.7. The number of hydrogen-bond donors (Lipinski definition) is 0. The smallest absolute Gasteiger partial charge is 0.160 e. The molecule has 0 saturated heterocycles. The fourth-order valence-corrected chi connectivity index (χ4v) is 5.48. The highest BCUT2D eigenvalue weighted by molar-refractivity contribution is 5.93. The summed E-state index contributed by atoms with van der Waals surface area (Å²) in [5.41, 5.74) is 8.46. The Morgan fingerprint density at radius 2 is 1.21 bits per heavy atom. The van der Waals surface area contributed by atoms with Crippen molar-refractivity contribution < 1.29 is 4.74 Å². The first-order chi connectivity index (χ1) is 18.6. The third-order valence-corrected chi connectivity index (χ3v) is 7.54. The van der Waals surface area contributed by atoms with Gasteiger partial charge in [-0.2, -0.15) is 0 Å². The van der Waals surface area contributed by atoms with Crippen molar-refractivity contribution in [3.63, 3.8) is 0 Å². The maximum atomic E-state index is 6.27. The molecule has 0 bridgehead atoms. The molecule has 2 heterocycles. The second kappa shape index (κ2) is 8.67. The third-order valence-electron chi connectivity index (χ3n) is 7.54. The van der Waals surface area contributed by atoms with Gasteiger partial charge in [-0.3, -0.25) is 0 Å². The molecule has 182 valence electrons. The zero-order valence-corrected chi connectivity index (χ0v) is 21.3. The van der Waals surface area contributed by atoms with Crippen molar-refractivity contribution in [1.29, 1.82) is 0 Å². The van der Waals surface area contributed by atoms with Crippen LogP contribution in [0.4, 0.5) is 0 Å². The van der Waals surface area contributed by atoms with Gasteiger partial charge < -0.3 is 4.74 Å². The maximum Gasteiger partial charge on any atom is 0.160 e. The van der Waals surface area contributed by atoms with Crippen LogP contribution in [-0.2, 0) is 5.41 Å². The van der Waals surface area contributed by atoms with E-state index in [0.717, 1.165) is 56.2 Å². The minimum Gasteiger partial charge on any atom is -0.457 e. The van der Waals surface area contributed by atoms with Crippen LogP contribution in [0.5, 0.6) is 11.5 Å². The number of hydrogen-bond acceptors (Lipinski definition) is 3. The highest BCUT2D eigenvalue weighted by atomic mass is 16.5. The maximum absolute atomic E-state index is 6.27.